The van der Waals surface area contributed by atoms with Gasteiger partial charge >= 0.3 is 0 Å². The number of anilines is 1. The molecule has 2 aromatic carbocycles. The summed E-state index contributed by atoms with van der Waals surface area (Å²) < 4.78 is 12.7. The van der Waals surface area contributed by atoms with Gasteiger partial charge in [-0.05, 0) is 66.9 Å². The van der Waals surface area contributed by atoms with Crippen LogP contribution in [0.25, 0.3) is 5.69 Å². The Balaban J connectivity index is 1.49. The van der Waals surface area contributed by atoms with E-state index >= 15 is 0 Å². The first-order valence-corrected chi connectivity index (χ1v) is 12.3. The van der Waals surface area contributed by atoms with Crippen molar-refractivity contribution >= 4 is 34.7 Å². The smallest absolute Gasteiger partial charge is 0.234 e. The number of methoxy groups -OCH3 is 1. The molecule has 0 aliphatic rings. The van der Waals surface area contributed by atoms with Crippen LogP contribution in [0.4, 0.5) is 5.69 Å². The lowest BCUT2D eigenvalue weighted by Gasteiger charge is -2.11. The molecule has 0 spiro atoms. The first-order valence-electron chi connectivity index (χ1n) is 10.4. The molecule has 1 amide bonds. The third-order valence-corrected chi connectivity index (χ3v) is 6.53. The lowest BCUT2D eigenvalue weighted by Crippen LogP contribution is -2.14. The zero-order valence-electron chi connectivity index (χ0n) is 18.4. The third-order valence-electron chi connectivity index (χ3n) is 4.72. The van der Waals surface area contributed by atoms with E-state index in [2.05, 4.69) is 21.6 Å². The fourth-order valence-electron chi connectivity index (χ4n) is 3.20. The Morgan fingerprint density at radius 1 is 1.06 bits per heavy atom. The number of benzene rings is 2. The predicted octanol–water partition coefficient (Wildman–Crippen LogP) is 5.06. The van der Waals surface area contributed by atoms with Crippen LogP contribution in [0.2, 0.25) is 0 Å². The molecule has 1 N–H and O–H groups in total. The predicted molar refractivity (Wildman–Crippen MR) is 132 cm³/mol. The van der Waals surface area contributed by atoms with Gasteiger partial charge in [-0.15, -0.1) is 21.5 Å². The molecule has 0 radical (unpaired) electrons. The van der Waals surface area contributed by atoms with Crippen molar-refractivity contribution in [2.75, 3.05) is 24.8 Å². The minimum absolute atomic E-state index is 0.117. The van der Waals surface area contributed by atoms with Gasteiger partial charge in [0, 0.05) is 22.7 Å². The fourth-order valence-corrected chi connectivity index (χ4v) is 4.67. The van der Waals surface area contributed by atoms with Crippen LogP contribution in [0, 0.1) is 0 Å². The molecule has 2 aromatic heterocycles. The summed E-state index contributed by atoms with van der Waals surface area (Å²) in [6.07, 6.45) is 0.662. The van der Waals surface area contributed by atoms with Gasteiger partial charge in [0.15, 0.2) is 5.16 Å². The molecule has 170 valence electrons. The molecule has 0 aliphatic heterocycles. The SMILES string of the molecule is CCOc1ccc(NC(=O)CSc2nnc(Cc3cccs3)n2-c2ccc(OC)cc2)cc1. The topological polar surface area (TPSA) is 78.3 Å². The van der Waals surface area contributed by atoms with Crippen molar-refractivity contribution in [3.8, 4) is 17.2 Å². The van der Waals surface area contributed by atoms with Crippen LogP contribution in [0.5, 0.6) is 11.5 Å². The lowest BCUT2D eigenvalue weighted by molar-refractivity contribution is -0.113. The molecule has 33 heavy (non-hydrogen) atoms. The van der Waals surface area contributed by atoms with Crippen LogP contribution in [-0.4, -0.2) is 40.1 Å². The Hall–Kier alpha value is -3.30. The number of hydrogen-bond donors (Lipinski definition) is 1. The van der Waals surface area contributed by atoms with Crippen molar-refractivity contribution in [2.24, 2.45) is 0 Å². The summed E-state index contributed by atoms with van der Waals surface area (Å²) in [7, 11) is 1.64. The molecule has 2 heterocycles. The minimum Gasteiger partial charge on any atom is -0.497 e. The summed E-state index contributed by atoms with van der Waals surface area (Å²) in [5, 5.41) is 14.4. The maximum Gasteiger partial charge on any atom is 0.234 e. The van der Waals surface area contributed by atoms with Crippen molar-refractivity contribution in [3.63, 3.8) is 0 Å². The molecular weight excluding hydrogens is 456 g/mol. The molecule has 9 heteroatoms. The number of ether oxygens (including phenoxy) is 2. The molecule has 0 saturated carbocycles. The Labute approximate surface area is 200 Å². The summed E-state index contributed by atoms with van der Waals surface area (Å²) in [6.45, 7) is 2.54. The first-order chi connectivity index (χ1) is 16.2. The van der Waals surface area contributed by atoms with Gasteiger partial charge in [-0.2, -0.15) is 0 Å². The number of rotatable bonds is 10. The first kappa shape index (κ1) is 22.9. The van der Waals surface area contributed by atoms with Gasteiger partial charge in [-0.3, -0.25) is 9.36 Å². The Morgan fingerprint density at radius 3 is 2.48 bits per heavy atom. The number of thioether (sulfide) groups is 1. The third kappa shape index (κ3) is 5.94. The van der Waals surface area contributed by atoms with Crippen molar-refractivity contribution in [2.45, 2.75) is 18.5 Å². The van der Waals surface area contributed by atoms with E-state index in [-0.39, 0.29) is 11.7 Å². The number of carbonyl (C=O) groups is 1. The summed E-state index contributed by atoms with van der Waals surface area (Å²) in [5.74, 6) is 2.46. The van der Waals surface area contributed by atoms with Crippen molar-refractivity contribution in [1.82, 2.24) is 14.8 Å². The molecule has 0 saturated heterocycles. The van der Waals surface area contributed by atoms with E-state index in [1.165, 1.54) is 16.6 Å². The maximum atomic E-state index is 12.6. The van der Waals surface area contributed by atoms with Gasteiger partial charge in [0.05, 0.1) is 19.5 Å². The number of amides is 1. The standard InChI is InChI=1S/C24H24N4O3S2/c1-3-31-20-10-6-17(7-11-20)25-23(29)16-33-24-27-26-22(15-21-5-4-14-32-21)28(24)18-8-12-19(30-2)13-9-18/h4-14H,3,15-16H2,1-2H3,(H,25,29). The largest absolute Gasteiger partial charge is 0.497 e. The van der Waals surface area contributed by atoms with Crippen LogP contribution in [0.3, 0.4) is 0 Å². The van der Waals surface area contributed by atoms with E-state index in [9.17, 15) is 4.79 Å². The number of carbonyl (C=O) groups excluding carboxylic acids is 1. The van der Waals surface area contributed by atoms with E-state index in [1.807, 2.05) is 71.5 Å². The quantitative estimate of drug-likeness (QED) is 0.320. The second-order valence-corrected chi connectivity index (χ2v) is 8.96. The molecule has 0 atom stereocenters. The van der Waals surface area contributed by atoms with E-state index in [4.69, 9.17) is 9.47 Å². The van der Waals surface area contributed by atoms with Crippen molar-refractivity contribution in [1.29, 1.82) is 0 Å². The fraction of sp³-hybridized carbons (Fsp3) is 0.208. The van der Waals surface area contributed by atoms with E-state index in [0.717, 1.165) is 28.7 Å². The highest BCUT2D eigenvalue weighted by atomic mass is 32.2. The molecule has 0 unspecified atom stereocenters. The van der Waals surface area contributed by atoms with E-state index in [0.29, 0.717) is 18.2 Å². The summed E-state index contributed by atoms with van der Waals surface area (Å²) in [5.41, 5.74) is 1.64. The zero-order chi connectivity index (χ0) is 23.0. The van der Waals surface area contributed by atoms with Gasteiger partial charge in [0.25, 0.3) is 0 Å². The highest BCUT2D eigenvalue weighted by Gasteiger charge is 2.17. The van der Waals surface area contributed by atoms with Gasteiger partial charge in [0.1, 0.15) is 17.3 Å². The van der Waals surface area contributed by atoms with Gasteiger partial charge in [-0.25, -0.2) is 0 Å². The zero-order valence-corrected chi connectivity index (χ0v) is 20.0. The highest BCUT2D eigenvalue weighted by Crippen LogP contribution is 2.26. The second kappa shape index (κ2) is 11.0. The summed E-state index contributed by atoms with van der Waals surface area (Å²) >= 11 is 3.03. The van der Waals surface area contributed by atoms with Crippen LogP contribution >= 0.6 is 23.1 Å². The van der Waals surface area contributed by atoms with Gasteiger partial charge < -0.3 is 14.8 Å². The Bertz CT molecular complexity index is 1170. The highest BCUT2D eigenvalue weighted by molar-refractivity contribution is 7.99. The maximum absolute atomic E-state index is 12.6. The number of nitrogens with zero attached hydrogens (tertiary/aromatic N) is 3. The van der Waals surface area contributed by atoms with Gasteiger partial charge in [-0.1, -0.05) is 17.8 Å². The number of hydrogen-bond acceptors (Lipinski definition) is 7. The average Bonchev–Trinajstić information content (AvgIpc) is 3.49. The molecule has 4 rings (SSSR count). The Morgan fingerprint density at radius 2 is 1.82 bits per heavy atom. The van der Waals surface area contributed by atoms with E-state index in [1.54, 1.807) is 18.4 Å². The number of aromatic nitrogens is 3. The monoisotopic (exact) mass is 480 g/mol. The molecular formula is C24H24N4O3S2. The number of thiophene rings is 1. The average molecular weight is 481 g/mol. The van der Waals surface area contributed by atoms with Crippen LogP contribution in [0.15, 0.2) is 71.2 Å². The number of nitrogens with one attached hydrogen (secondary N) is 1. The lowest BCUT2D eigenvalue weighted by atomic mass is 10.2. The van der Waals surface area contributed by atoms with Gasteiger partial charge in [0.2, 0.25) is 5.91 Å². The van der Waals surface area contributed by atoms with Crippen LogP contribution in [-0.2, 0) is 11.2 Å². The van der Waals surface area contributed by atoms with Crippen molar-refractivity contribution < 1.29 is 14.3 Å². The Kier molecular flexibility index (Phi) is 7.64. The molecule has 0 fully saturated rings. The summed E-state index contributed by atoms with van der Waals surface area (Å²) in [4.78, 5) is 13.8. The second-order valence-electron chi connectivity index (χ2n) is 6.98. The van der Waals surface area contributed by atoms with E-state index < -0.39 is 0 Å². The normalized spacial score (nSPS) is 10.7. The van der Waals surface area contributed by atoms with Crippen molar-refractivity contribution in [3.05, 3.63) is 76.7 Å². The summed E-state index contributed by atoms with van der Waals surface area (Å²) in [6, 6.07) is 19.2. The van der Waals surface area contributed by atoms with Crippen LogP contribution in [0.1, 0.15) is 17.6 Å². The molecule has 0 bridgehead atoms. The molecule has 0 aliphatic carbocycles. The molecule has 7 nitrogen and oxygen atoms in total. The van der Waals surface area contributed by atoms with Crippen LogP contribution < -0.4 is 14.8 Å². The minimum atomic E-state index is -0.117. The molecule has 4 aromatic rings.